The highest BCUT2D eigenvalue weighted by atomic mass is 32.1. The van der Waals surface area contributed by atoms with E-state index >= 15 is 0 Å². The van der Waals surface area contributed by atoms with E-state index in [4.69, 9.17) is 17.0 Å². The van der Waals surface area contributed by atoms with Crippen LogP contribution in [0.25, 0.3) is 5.70 Å². The van der Waals surface area contributed by atoms with E-state index in [1.807, 2.05) is 91.0 Å². The van der Waals surface area contributed by atoms with Crippen LogP contribution < -0.4 is 20.7 Å². The standard InChI is InChI=1S/C29H24N4O2S/c34-28(31-24-17-9-10-18-30-24)25-26(21-13-5-2-6-14-21)32-29(36)33-27(25)22-15-7-8-16-23(22)35-19-20-11-3-1-4-12-20/h1-18,27H,19H2,(H,30,31,34)(H2,32,33,36). The second-order valence-electron chi connectivity index (χ2n) is 8.17. The van der Waals surface area contributed by atoms with Crippen LogP contribution in [-0.2, 0) is 11.4 Å². The van der Waals surface area contributed by atoms with Gasteiger partial charge in [0, 0.05) is 11.8 Å². The van der Waals surface area contributed by atoms with Crippen molar-refractivity contribution >= 4 is 34.8 Å². The molecule has 1 aliphatic heterocycles. The molecule has 2 heterocycles. The van der Waals surface area contributed by atoms with Crippen LogP contribution in [0.4, 0.5) is 5.82 Å². The summed E-state index contributed by atoms with van der Waals surface area (Å²) in [6.07, 6.45) is 1.64. The Kier molecular flexibility index (Phi) is 7.00. The maximum absolute atomic E-state index is 13.8. The van der Waals surface area contributed by atoms with Gasteiger partial charge in [-0.1, -0.05) is 84.9 Å². The van der Waals surface area contributed by atoms with Crippen LogP contribution in [0.1, 0.15) is 22.7 Å². The number of rotatable bonds is 7. The molecule has 1 aliphatic rings. The lowest BCUT2D eigenvalue weighted by Crippen LogP contribution is -2.46. The number of nitrogens with one attached hydrogen (secondary N) is 3. The molecule has 6 nitrogen and oxygen atoms in total. The Bertz CT molecular complexity index is 1390. The number of anilines is 1. The Labute approximate surface area is 215 Å². The summed E-state index contributed by atoms with van der Waals surface area (Å²) >= 11 is 5.57. The van der Waals surface area contributed by atoms with E-state index in [9.17, 15) is 4.79 Å². The molecule has 5 rings (SSSR count). The molecule has 0 fully saturated rings. The summed E-state index contributed by atoms with van der Waals surface area (Å²) in [4.78, 5) is 18.0. The maximum atomic E-state index is 13.8. The van der Waals surface area contributed by atoms with Crippen LogP contribution >= 0.6 is 12.2 Å². The van der Waals surface area contributed by atoms with Gasteiger partial charge in [0.25, 0.3) is 5.91 Å². The van der Waals surface area contributed by atoms with Gasteiger partial charge in [-0.05, 0) is 41.5 Å². The highest BCUT2D eigenvalue weighted by molar-refractivity contribution is 7.80. The van der Waals surface area contributed by atoms with Gasteiger partial charge >= 0.3 is 0 Å². The molecule has 0 radical (unpaired) electrons. The predicted molar refractivity (Wildman–Crippen MR) is 145 cm³/mol. The molecule has 0 spiro atoms. The number of nitrogens with zero attached hydrogens (tertiary/aromatic N) is 1. The molecule has 0 bridgehead atoms. The highest BCUT2D eigenvalue weighted by Crippen LogP contribution is 2.36. The van der Waals surface area contributed by atoms with E-state index in [2.05, 4.69) is 20.9 Å². The number of pyridine rings is 1. The van der Waals surface area contributed by atoms with Gasteiger partial charge in [-0.3, -0.25) is 4.79 Å². The monoisotopic (exact) mass is 492 g/mol. The lowest BCUT2D eigenvalue weighted by Gasteiger charge is -2.32. The van der Waals surface area contributed by atoms with Crippen LogP contribution in [-0.4, -0.2) is 16.0 Å². The molecule has 1 aromatic heterocycles. The molecular formula is C29H24N4O2S. The quantitative estimate of drug-likeness (QED) is 0.307. The highest BCUT2D eigenvalue weighted by Gasteiger charge is 2.34. The SMILES string of the molecule is O=C(Nc1ccccn1)C1=C(c2ccccc2)NC(=S)NC1c1ccccc1OCc1ccccc1. The van der Waals surface area contributed by atoms with Crippen molar-refractivity contribution in [3.63, 3.8) is 0 Å². The fourth-order valence-electron chi connectivity index (χ4n) is 4.08. The number of para-hydroxylation sites is 1. The van der Waals surface area contributed by atoms with Gasteiger partial charge < -0.3 is 20.7 Å². The molecule has 36 heavy (non-hydrogen) atoms. The summed E-state index contributed by atoms with van der Waals surface area (Å²) < 4.78 is 6.23. The van der Waals surface area contributed by atoms with Gasteiger partial charge in [-0.2, -0.15) is 0 Å². The summed E-state index contributed by atoms with van der Waals surface area (Å²) in [7, 11) is 0. The molecule has 3 N–H and O–H groups in total. The van der Waals surface area contributed by atoms with E-state index in [0.717, 1.165) is 16.7 Å². The van der Waals surface area contributed by atoms with Crippen LogP contribution in [0, 0.1) is 0 Å². The zero-order valence-electron chi connectivity index (χ0n) is 19.3. The lowest BCUT2D eigenvalue weighted by atomic mass is 9.91. The number of aromatic nitrogens is 1. The first-order valence-electron chi connectivity index (χ1n) is 11.5. The zero-order chi connectivity index (χ0) is 24.7. The summed E-state index contributed by atoms with van der Waals surface area (Å²) in [6.45, 7) is 0.401. The molecule has 1 atom stereocenters. The minimum absolute atomic E-state index is 0.294. The third kappa shape index (κ3) is 5.26. The van der Waals surface area contributed by atoms with E-state index in [0.29, 0.717) is 34.6 Å². The van der Waals surface area contributed by atoms with Gasteiger partial charge in [-0.15, -0.1) is 0 Å². The fraction of sp³-hybridized carbons (Fsp3) is 0.0690. The lowest BCUT2D eigenvalue weighted by molar-refractivity contribution is -0.113. The Morgan fingerprint density at radius 1 is 0.889 bits per heavy atom. The first kappa shape index (κ1) is 23.3. The number of carbonyl (C=O) groups is 1. The number of hydrogen-bond donors (Lipinski definition) is 3. The number of amides is 1. The second-order valence-corrected chi connectivity index (χ2v) is 8.58. The van der Waals surface area contributed by atoms with Crippen molar-refractivity contribution in [3.8, 4) is 5.75 Å². The van der Waals surface area contributed by atoms with Crippen LogP contribution in [0.2, 0.25) is 0 Å². The molecule has 0 saturated carbocycles. The summed E-state index contributed by atoms with van der Waals surface area (Å²) in [6, 6.07) is 32.1. The fourth-order valence-corrected chi connectivity index (χ4v) is 4.30. The van der Waals surface area contributed by atoms with Crippen molar-refractivity contribution in [1.82, 2.24) is 15.6 Å². The molecule has 7 heteroatoms. The topological polar surface area (TPSA) is 75.3 Å². The first-order valence-corrected chi connectivity index (χ1v) is 11.9. The van der Waals surface area contributed by atoms with Crippen molar-refractivity contribution in [2.24, 2.45) is 0 Å². The van der Waals surface area contributed by atoms with E-state index in [-0.39, 0.29) is 5.91 Å². The normalized spacial score (nSPS) is 15.0. The first-order chi connectivity index (χ1) is 17.7. The van der Waals surface area contributed by atoms with Gasteiger partial charge in [-0.25, -0.2) is 4.98 Å². The number of hydrogen-bond acceptors (Lipinski definition) is 4. The number of ether oxygens (including phenoxy) is 1. The smallest absolute Gasteiger partial charge is 0.257 e. The number of thiocarbonyl (C=S) groups is 1. The maximum Gasteiger partial charge on any atom is 0.257 e. The molecule has 178 valence electrons. The summed E-state index contributed by atoms with van der Waals surface area (Å²) in [5, 5.41) is 9.85. The van der Waals surface area contributed by atoms with Gasteiger partial charge in [0.15, 0.2) is 5.11 Å². The number of carbonyl (C=O) groups excluding carboxylic acids is 1. The second kappa shape index (κ2) is 10.8. The third-order valence-corrected chi connectivity index (χ3v) is 5.97. The van der Waals surface area contributed by atoms with Crippen molar-refractivity contribution in [3.05, 3.63) is 132 Å². The molecule has 0 aliphatic carbocycles. The molecule has 0 saturated heterocycles. The number of benzene rings is 3. The van der Waals surface area contributed by atoms with Crippen molar-refractivity contribution < 1.29 is 9.53 Å². The Morgan fingerprint density at radius 3 is 2.33 bits per heavy atom. The third-order valence-electron chi connectivity index (χ3n) is 5.75. The van der Waals surface area contributed by atoms with Crippen molar-refractivity contribution in [2.75, 3.05) is 5.32 Å². The van der Waals surface area contributed by atoms with Crippen molar-refractivity contribution in [1.29, 1.82) is 0 Å². The summed E-state index contributed by atoms with van der Waals surface area (Å²) in [5.41, 5.74) is 3.82. The molecular weight excluding hydrogens is 468 g/mol. The van der Waals surface area contributed by atoms with E-state index < -0.39 is 6.04 Å². The van der Waals surface area contributed by atoms with Crippen LogP contribution in [0.5, 0.6) is 5.75 Å². The molecule has 3 aromatic carbocycles. The largest absolute Gasteiger partial charge is 0.489 e. The Balaban J connectivity index is 1.57. The van der Waals surface area contributed by atoms with Gasteiger partial charge in [0.05, 0.1) is 17.3 Å². The molecule has 1 amide bonds. The average molecular weight is 493 g/mol. The van der Waals surface area contributed by atoms with Gasteiger partial charge in [0.1, 0.15) is 18.2 Å². The predicted octanol–water partition coefficient (Wildman–Crippen LogP) is 5.23. The molecule has 1 unspecified atom stereocenters. The van der Waals surface area contributed by atoms with Crippen LogP contribution in [0.15, 0.2) is 115 Å². The minimum Gasteiger partial charge on any atom is -0.489 e. The van der Waals surface area contributed by atoms with Gasteiger partial charge in [0.2, 0.25) is 0 Å². The summed E-state index contributed by atoms with van der Waals surface area (Å²) in [5.74, 6) is 0.833. The molecule has 4 aromatic rings. The Hall–Kier alpha value is -4.49. The van der Waals surface area contributed by atoms with Crippen LogP contribution in [0.3, 0.4) is 0 Å². The minimum atomic E-state index is -0.551. The Morgan fingerprint density at radius 2 is 1.58 bits per heavy atom. The van der Waals surface area contributed by atoms with E-state index in [1.165, 1.54) is 0 Å². The zero-order valence-corrected chi connectivity index (χ0v) is 20.2. The van der Waals surface area contributed by atoms with E-state index in [1.54, 1.807) is 18.3 Å². The average Bonchev–Trinajstić information content (AvgIpc) is 2.93. The van der Waals surface area contributed by atoms with Crippen molar-refractivity contribution in [2.45, 2.75) is 12.6 Å².